The van der Waals surface area contributed by atoms with Crippen molar-refractivity contribution in [3.8, 4) is 0 Å². The zero-order valence-corrected chi connectivity index (χ0v) is 13.1. The zero-order chi connectivity index (χ0) is 15.8. The maximum absolute atomic E-state index is 11.6. The van der Waals surface area contributed by atoms with E-state index in [0.29, 0.717) is 12.2 Å². The van der Waals surface area contributed by atoms with Crippen LogP contribution in [0.4, 0.5) is 5.69 Å². The number of aromatic amines is 1. The van der Waals surface area contributed by atoms with Crippen molar-refractivity contribution in [1.82, 2.24) is 15.2 Å². The van der Waals surface area contributed by atoms with Crippen LogP contribution in [0, 0.1) is 0 Å². The van der Waals surface area contributed by atoms with Gasteiger partial charge in [-0.05, 0) is 25.0 Å². The summed E-state index contributed by atoms with van der Waals surface area (Å²) in [6, 6.07) is 7.75. The van der Waals surface area contributed by atoms with E-state index in [1.54, 1.807) is 6.20 Å². The summed E-state index contributed by atoms with van der Waals surface area (Å²) in [6.07, 6.45) is 3.57. The fourth-order valence-corrected chi connectivity index (χ4v) is 3.27. The molecule has 4 rings (SSSR count). The Morgan fingerprint density at radius 1 is 1.35 bits per heavy atom. The van der Waals surface area contributed by atoms with Gasteiger partial charge in [0.1, 0.15) is 10.5 Å². The average molecular weight is 331 g/mol. The second-order valence-corrected chi connectivity index (χ2v) is 6.08. The summed E-state index contributed by atoms with van der Waals surface area (Å²) < 4.78 is 5.89. The van der Waals surface area contributed by atoms with E-state index in [4.69, 9.17) is 16.0 Å². The standard InChI is InChI=1S/C16H15ClN4O2/c17-14-12(8-18-20-15(14)22)21-7-3-4-10(9-21)16-19-11-5-1-2-6-13(11)23-16/h1-2,5-6,8,10H,3-4,7,9H2,(H,20,22). The second-order valence-electron chi connectivity index (χ2n) is 5.70. The van der Waals surface area contributed by atoms with Gasteiger partial charge in [-0.2, -0.15) is 5.10 Å². The van der Waals surface area contributed by atoms with Gasteiger partial charge in [0.15, 0.2) is 11.5 Å². The van der Waals surface area contributed by atoms with Gasteiger partial charge >= 0.3 is 0 Å². The number of piperidine rings is 1. The van der Waals surface area contributed by atoms with Crippen molar-refractivity contribution < 1.29 is 4.42 Å². The van der Waals surface area contributed by atoms with Crippen molar-refractivity contribution in [1.29, 1.82) is 0 Å². The van der Waals surface area contributed by atoms with Crippen LogP contribution in [-0.2, 0) is 0 Å². The summed E-state index contributed by atoms with van der Waals surface area (Å²) >= 11 is 6.12. The van der Waals surface area contributed by atoms with E-state index in [0.717, 1.165) is 36.4 Å². The van der Waals surface area contributed by atoms with Gasteiger partial charge in [0.25, 0.3) is 5.56 Å². The number of nitrogens with one attached hydrogen (secondary N) is 1. The lowest BCUT2D eigenvalue weighted by molar-refractivity contribution is 0.413. The molecular weight excluding hydrogens is 316 g/mol. The third-order valence-corrected chi connectivity index (χ3v) is 4.56. The predicted octanol–water partition coefficient (Wildman–Crippen LogP) is 2.95. The van der Waals surface area contributed by atoms with E-state index in [-0.39, 0.29) is 16.5 Å². The summed E-state index contributed by atoms with van der Waals surface area (Å²) in [5.74, 6) is 0.913. The molecule has 0 spiro atoms. The normalized spacial score (nSPS) is 18.5. The van der Waals surface area contributed by atoms with Crippen LogP contribution < -0.4 is 10.5 Å². The maximum Gasteiger partial charge on any atom is 0.285 e. The molecule has 118 valence electrons. The number of nitrogens with zero attached hydrogens (tertiary/aromatic N) is 3. The van der Waals surface area contributed by atoms with E-state index in [1.165, 1.54) is 0 Å². The molecule has 3 heterocycles. The average Bonchev–Trinajstić information content (AvgIpc) is 3.02. The third kappa shape index (κ3) is 2.59. The maximum atomic E-state index is 11.6. The number of hydrogen-bond acceptors (Lipinski definition) is 5. The molecule has 1 aliphatic rings. The molecule has 7 heteroatoms. The highest BCUT2D eigenvalue weighted by Gasteiger charge is 2.27. The smallest absolute Gasteiger partial charge is 0.285 e. The van der Waals surface area contributed by atoms with Gasteiger partial charge in [0, 0.05) is 13.1 Å². The van der Waals surface area contributed by atoms with E-state index in [1.807, 2.05) is 24.3 Å². The highest BCUT2D eigenvalue weighted by molar-refractivity contribution is 6.33. The first kappa shape index (κ1) is 14.3. The third-order valence-electron chi connectivity index (χ3n) is 4.20. The summed E-state index contributed by atoms with van der Waals surface area (Å²) in [6.45, 7) is 1.54. The van der Waals surface area contributed by atoms with Gasteiger partial charge in [0.2, 0.25) is 0 Å². The molecule has 1 unspecified atom stereocenters. The Kier molecular flexibility index (Phi) is 3.53. The first-order chi connectivity index (χ1) is 11.2. The number of rotatable bonds is 2. The molecule has 1 saturated heterocycles. The molecule has 0 saturated carbocycles. The Labute approximate surface area is 137 Å². The quantitative estimate of drug-likeness (QED) is 0.782. The Hall–Kier alpha value is -2.34. The molecule has 1 atom stereocenters. The molecule has 1 fully saturated rings. The van der Waals surface area contributed by atoms with Crippen LogP contribution in [0.1, 0.15) is 24.7 Å². The van der Waals surface area contributed by atoms with Crippen molar-refractivity contribution >= 4 is 28.4 Å². The molecule has 1 aliphatic heterocycles. The molecule has 1 aromatic carbocycles. The number of anilines is 1. The van der Waals surface area contributed by atoms with Crippen molar-refractivity contribution in [2.24, 2.45) is 0 Å². The van der Waals surface area contributed by atoms with Crippen molar-refractivity contribution in [2.75, 3.05) is 18.0 Å². The van der Waals surface area contributed by atoms with Crippen molar-refractivity contribution in [2.45, 2.75) is 18.8 Å². The molecule has 23 heavy (non-hydrogen) atoms. The minimum Gasteiger partial charge on any atom is -0.440 e. The number of H-pyrrole nitrogens is 1. The van der Waals surface area contributed by atoms with E-state index < -0.39 is 0 Å². The predicted molar refractivity (Wildman–Crippen MR) is 88.1 cm³/mol. The Morgan fingerprint density at radius 2 is 2.22 bits per heavy atom. The fourth-order valence-electron chi connectivity index (χ4n) is 3.06. The number of oxazole rings is 1. The summed E-state index contributed by atoms with van der Waals surface area (Å²) in [4.78, 5) is 18.3. The van der Waals surface area contributed by atoms with Crippen molar-refractivity contribution in [3.05, 3.63) is 51.7 Å². The monoisotopic (exact) mass is 330 g/mol. The number of para-hydroxylation sites is 2. The first-order valence-corrected chi connectivity index (χ1v) is 7.94. The lowest BCUT2D eigenvalue weighted by Crippen LogP contribution is -2.35. The molecule has 0 amide bonds. The molecule has 1 N–H and O–H groups in total. The highest BCUT2D eigenvalue weighted by Crippen LogP contribution is 2.32. The van der Waals surface area contributed by atoms with E-state index >= 15 is 0 Å². The van der Waals surface area contributed by atoms with Crippen molar-refractivity contribution in [3.63, 3.8) is 0 Å². The minimum atomic E-state index is -0.367. The lowest BCUT2D eigenvalue weighted by atomic mass is 9.97. The van der Waals surface area contributed by atoms with Gasteiger partial charge in [-0.25, -0.2) is 10.1 Å². The highest BCUT2D eigenvalue weighted by atomic mass is 35.5. The van der Waals surface area contributed by atoms with Crippen LogP contribution in [0.2, 0.25) is 5.02 Å². The van der Waals surface area contributed by atoms with Gasteiger partial charge in [-0.15, -0.1) is 0 Å². The SMILES string of the molecule is O=c1[nH]ncc(N2CCCC(c3nc4ccccc4o3)C2)c1Cl. The van der Waals surface area contributed by atoms with Crippen LogP contribution in [0.5, 0.6) is 0 Å². The zero-order valence-electron chi connectivity index (χ0n) is 12.3. The summed E-state index contributed by atoms with van der Waals surface area (Å²) in [5, 5.41) is 6.37. The molecule has 0 bridgehead atoms. The van der Waals surface area contributed by atoms with Gasteiger partial charge in [-0.3, -0.25) is 4.79 Å². The minimum absolute atomic E-state index is 0.173. The number of hydrogen-bond donors (Lipinski definition) is 1. The molecule has 3 aromatic rings. The molecule has 0 aliphatic carbocycles. The van der Waals surface area contributed by atoms with E-state index in [9.17, 15) is 4.79 Å². The first-order valence-electron chi connectivity index (χ1n) is 7.56. The number of halogens is 1. The molecule has 6 nitrogen and oxygen atoms in total. The summed E-state index contributed by atoms with van der Waals surface area (Å²) in [5.41, 5.74) is 1.97. The number of benzene rings is 1. The Balaban J connectivity index is 1.64. The van der Waals surface area contributed by atoms with Crippen LogP contribution in [0.3, 0.4) is 0 Å². The lowest BCUT2D eigenvalue weighted by Gasteiger charge is -2.32. The van der Waals surface area contributed by atoms with Gasteiger partial charge in [0.05, 0.1) is 17.8 Å². The van der Waals surface area contributed by atoms with E-state index in [2.05, 4.69) is 20.1 Å². The Bertz CT molecular complexity index is 871. The van der Waals surface area contributed by atoms with Gasteiger partial charge < -0.3 is 9.32 Å². The number of aromatic nitrogens is 3. The van der Waals surface area contributed by atoms with Crippen LogP contribution in [0.15, 0.2) is 39.7 Å². The van der Waals surface area contributed by atoms with Crippen LogP contribution in [0.25, 0.3) is 11.1 Å². The molecular formula is C16H15ClN4O2. The number of fused-ring (bicyclic) bond motifs is 1. The second kappa shape index (κ2) is 5.70. The van der Waals surface area contributed by atoms with Crippen LogP contribution in [-0.4, -0.2) is 28.3 Å². The topological polar surface area (TPSA) is 75.0 Å². The molecule has 0 radical (unpaired) electrons. The van der Waals surface area contributed by atoms with Gasteiger partial charge in [-0.1, -0.05) is 23.7 Å². The largest absolute Gasteiger partial charge is 0.440 e. The Morgan fingerprint density at radius 3 is 3.09 bits per heavy atom. The summed E-state index contributed by atoms with van der Waals surface area (Å²) in [7, 11) is 0. The molecule has 2 aromatic heterocycles. The van der Waals surface area contributed by atoms with Crippen LogP contribution >= 0.6 is 11.6 Å². The fraction of sp³-hybridized carbons (Fsp3) is 0.312.